The van der Waals surface area contributed by atoms with Gasteiger partial charge in [0, 0.05) is 12.6 Å². The van der Waals surface area contributed by atoms with E-state index in [1.807, 2.05) is 0 Å². The lowest BCUT2D eigenvalue weighted by Gasteiger charge is -2.32. The van der Waals surface area contributed by atoms with Gasteiger partial charge in [-0.25, -0.2) is 0 Å². The van der Waals surface area contributed by atoms with Crippen LogP contribution in [0.5, 0.6) is 0 Å². The van der Waals surface area contributed by atoms with Gasteiger partial charge in [-0.1, -0.05) is 6.92 Å². The van der Waals surface area contributed by atoms with E-state index in [1.165, 1.54) is 0 Å². The Morgan fingerprint density at radius 2 is 1.94 bits per heavy atom. The van der Waals surface area contributed by atoms with Gasteiger partial charge < -0.3 is 15.3 Å². The van der Waals surface area contributed by atoms with Crippen molar-refractivity contribution < 1.29 is 18.3 Å². The average molecular weight is 240 g/mol. The number of aliphatic hydroxyl groups excluding tert-OH is 1. The zero-order chi connectivity index (χ0) is 12.2. The summed E-state index contributed by atoms with van der Waals surface area (Å²) in [4.78, 5) is 2.26. The van der Waals surface area contributed by atoms with Gasteiger partial charge >= 0.3 is 6.18 Å². The molecule has 1 rings (SSSR count). The van der Waals surface area contributed by atoms with Crippen molar-refractivity contribution in [3.8, 4) is 0 Å². The van der Waals surface area contributed by atoms with E-state index >= 15 is 0 Å². The molecule has 1 aliphatic heterocycles. The Bertz CT molecular complexity index is 203. The molecule has 0 aromatic carbocycles. The number of halogens is 3. The number of piperidine rings is 1. The molecule has 96 valence electrons. The molecule has 1 unspecified atom stereocenters. The summed E-state index contributed by atoms with van der Waals surface area (Å²) in [5.41, 5.74) is 0. The quantitative estimate of drug-likeness (QED) is 0.769. The summed E-state index contributed by atoms with van der Waals surface area (Å²) in [5, 5.41) is 11.6. The summed E-state index contributed by atoms with van der Waals surface area (Å²) in [6.07, 6.45) is -5.08. The maximum atomic E-state index is 12.0. The normalized spacial score (nSPS) is 22.3. The van der Waals surface area contributed by atoms with Crippen LogP contribution >= 0.6 is 0 Å². The van der Waals surface area contributed by atoms with Crippen LogP contribution in [0.15, 0.2) is 0 Å². The second-order valence-electron chi connectivity index (χ2n) is 4.17. The van der Waals surface area contributed by atoms with Crippen LogP contribution in [0, 0.1) is 0 Å². The van der Waals surface area contributed by atoms with E-state index in [4.69, 9.17) is 5.11 Å². The van der Waals surface area contributed by atoms with Gasteiger partial charge in [-0.3, -0.25) is 0 Å². The van der Waals surface area contributed by atoms with Crippen molar-refractivity contribution in [2.24, 2.45) is 0 Å². The Kier molecular flexibility index (Phi) is 5.01. The fraction of sp³-hybridized carbons (Fsp3) is 1.00. The monoisotopic (exact) mass is 240 g/mol. The van der Waals surface area contributed by atoms with Gasteiger partial charge in [0.2, 0.25) is 0 Å². The average Bonchev–Trinajstić information content (AvgIpc) is 2.25. The molecule has 2 N–H and O–H groups in total. The zero-order valence-electron chi connectivity index (χ0n) is 9.43. The molecule has 0 aromatic heterocycles. The van der Waals surface area contributed by atoms with E-state index in [0.29, 0.717) is 0 Å². The molecular formula is C10H19F3N2O. The van der Waals surface area contributed by atoms with Crippen molar-refractivity contribution in [2.45, 2.75) is 38.1 Å². The second kappa shape index (κ2) is 5.84. The summed E-state index contributed by atoms with van der Waals surface area (Å²) in [6, 6.07) is 0.0970. The van der Waals surface area contributed by atoms with Gasteiger partial charge in [0.1, 0.15) is 0 Å². The highest BCUT2D eigenvalue weighted by Gasteiger charge is 2.38. The van der Waals surface area contributed by atoms with Crippen molar-refractivity contribution in [3.63, 3.8) is 0 Å². The highest BCUT2D eigenvalue weighted by Crippen LogP contribution is 2.19. The predicted molar refractivity (Wildman–Crippen MR) is 55.2 cm³/mol. The Balaban J connectivity index is 2.20. The Labute approximate surface area is 93.6 Å². The third kappa shape index (κ3) is 4.27. The van der Waals surface area contributed by atoms with E-state index in [9.17, 15) is 13.2 Å². The lowest BCUT2D eigenvalue weighted by molar-refractivity contribution is -0.202. The van der Waals surface area contributed by atoms with Crippen LogP contribution in [-0.4, -0.2) is 54.5 Å². The predicted octanol–water partition coefficient (Wildman–Crippen LogP) is 0.983. The number of hydrogen-bond acceptors (Lipinski definition) is 3. The van der Waals surface area contributed by atoms with Gasteiger partial charge in [0.05, 0.1) is 0 Å². The minimum absolute atomic E-state index is 0.0970. The van der Waals surface area contributed by atoms with Crippen LogP contribution in [0.25, 0.3) is 0 Å². The largest absolute Gasteiger partial charge is 0.415 e. The van der Waals surface area contributed by atoms with Gasteiger partial charge in [-0.15, -0.1) is 0 Å². The van der Waals surface area contributed by atoms with Gasteiger partial charge in [-0.05, 0) is 32.5 Å². The molecule has 0 bridgehead atoms. The summed E-state index contributed by atoms with van der Waals surface area (Å²) in [7, 11) is 0. The third-order valence-corrected chi connectivity index (χ3v) is 3.01. The van der Waals surface area contributed by atoms with E-state index in [-0.39, 0.29) is 6.04 Å². The molecule has 1 heterocycles. The molecule has 3 nitrogen and oxygen atoms in total. The smallest absolute Gasteiger partial charge is 0.382 e. The molecule has 0 spiro atoms. The van der Waals surface area contributed by atoms with Crippen LogP contribution in [0.2, 0.25) is 0 Å². The summed E-state index contributed by atoms with van der Waals surface area (Å²) < 4.78 is 36.1. The van der Waals surface area contributed by atoms with Crippen molar-refractivity contribution >= 4 is 0 Å². The van der Waals surface area contributed by atoms with Gasteiger partial charge in [0.25, 0.3) is 0 Å². The molecule has 16 heavy (non-hydrogen) atoms. The SMILES string of the molecule is CCN1CCC(NCC(O)C(F)(F)F)CC1. The standard InChI is InChI=1S/C10H19F3N2O/c1-2-15-5-3-8(4-6-15)14-7-9(16)10(11,12)13/h8-9,14,16H,2-7H2,1H3. The van der Waals surface area contributed by atoms with Crippen molar-refractivity contribution in [2.75, 3.05) is 26.2 Å². The van der Waals surface area contributed by atoms with Crippen molar-refractivity contribution in [3.05, 3.63) is 0 Å². The first kappa shape index (κ1) is 13.7. The number of aliphatic hydroxyl groups is 1. The molecular weight excluding hydrogens is 221 g/mol. The highest BCUT2D eigenvalue weighted by atomic mass is 19.4. The van der Waals surface area contributed by atoms with Crippen molar-refractivity contribution in [1.82, 2.24) is 10.2 Å². The summed E-state index contributed by atoms with van der Waals surface area (Å²) in [6.45, 7) is 4.48. The van der Waals surface area contributed by atoms with Crippen LogP contribution in [0.1, 0.15) is 19.8 Å². The van der Waals surface area contributed by atoms with Crippen LogP contribution in [-0.2, 0) is 0 Å². The van der Waals surface area contributed by atoms with Crippen molar-refractivity contribution in [1.29, 1.82) is 0 Å². The Morgan fingerprint density at radius 1 is 1.38 bits per heavy atom. The molecule has 0 saturated carbocycles. The number of nitrogens with zero attached hydrogens (tertiary/aromatic N) is 1. The molecule has 1 saturated heterocycles. The lowest BCUT2D eigenvalue weighted by Crippen LogP contribution is -2.47. The fourth-order valence-electron chi connectivity index (χ4n) is 1.85. The topological polar surface area (TPSA) is 35.5 Å². The molecule has 1 aliphatic rings. The molecule has 1 atom stereocenters. The molecule has 1 fully saturated rings. The molecule has 0 aliphatic carbocycles. The second-order valence-corrected chi connectivity index (χ2v) is 4.17. The first-order valence-electron chi connectivity index (χ1n) is 5.64. The van der Waals surface area contributed by atoms with E-state index in [1.54, 1.807) is 0 Å². The Hall–Kier alpha value is -0.330. The number of alkyl halides is 3. The van der Waals surface area contributed by atoms with E-state index in [2.05, 4.69) is 17.1 Å². The summed E-state index contributed by atoms with van der Waals surface area (Å²) >= 11 is 0. The summed E-state index contributed by atoms with van der Waals surface area (Å²) in [5.74, 6) is 0. The number of nitrogens with one attached hydrogen (secondary N) is 1. The highest BCUT2D eigenvalue weighted by molar-refractivity contribution is 4.79. The minimum atomic E-state index is -4.52. The first-order chi connectivity index (χ1) is 7.43. The van der Waals surface area contributed by atoms with E-state index in [0.717, 1.165) is 32.5 Å². The molecule has 0 amide bonds. The molecule has 0 aromatic rings. The molecule has 6 heteroatoms. The zero-order valence-corrected chi connectivity index (χ0v) is 9.43. The minimum Gasteiger partial charge on any atom is -0.382 e. The number of hydrogen-bond donors (Lipinski definition) is 2. The number of rotatable bonds is 4. The Morgan fingerprint density at radius 3 is 2.38 bits per heavy atom. The van der Waals surface area contributed by atoms with Crippen LogP contribution in [0.4, 0.5) is 13.2 Å². The fourth-order valence-corrected chi connectivity index (χ4v) is 1.85. The molecule has 0 radical (unpaired) electrons. The first-order valence-corrected chi connectivity index (χ1v) is 5.64. The van der Waals surface area contributed by atoms with Gasteiger partial charge in [-0.2, -0.15) is 13.2 Å². The van der Waals surface area contributed by atoms with Crippen LogP contribution in [0.3, 0.4) is 0 Å². The van der Waals surface area contributed by atoms with E-state index < -0.39 is 18.8 Å². The maximum Gasteiger partial charge on any atom is 0.415 e. The van der Waals surface area contributed by atoms with Crippen LogP contribution < -0.4 is 5.32 Å². The lowest BCUT2D eigenvalue weighted by atomic mass is 10.0. The third-order valence-electron chi connectivity index (χ3n) is 3.01. The van der Waals surface area contributed by atoms with Gasteiger partial charge in [0.15, 0.2) is 6.10 Å². The number of likely N-dealkylation sites (tertiary alicyclic amines) is 1. The maximum absolute atomic E-state index is 12.0.